The fourth-order valence-corrected chi connectivity index (χ4v) is 3.12. The van der Waals surface area contributed by atoms with E-state index < -0.39 is 41.0 Å². The number of ketones is 1. The second-order valence-electron chi connectivity index (χ2n) is 6.98. The first-order valence-corrected chi connectivity index (χ1v) is 8.59. The molecule has 1 heterocycles. The van der Waals surface area contributed by atoms with Crippen molar-refractivity contribution in [3.63, 3.8) is 0 Å². The molecule has 1 atom stereocenters. The van der Waals surface area contributed by atoms with Crippen LogP contribution >= 0.6 is 0 Å². The molecule has 1 aromatic heterocycles. The number of aliphatic hydroxyl groups is 1. The fraction of sp³-hybridized carbons (Fsp3) is 0.238. The standard InChI is InChI=1S/C21H16F4N2O2/c1-20(29,12-27-8-7-14-11-15(22)4-6-18(14)27)19(28)10-13-3-5-17(26-2)16(9-13)21(23,24)25/h3-9,11,29H,10,12H2,1H3/t20-/m1/s1. The Morgan fingerprint density at radius 2 is 1.90 bits per heavy atom. The molecule has 0 saturated heterocycles. The molecule has 0 spiro atoms. The smallest absolute Gasteiger partial charge is 0.380 e. The Hall–Kier alpha value is -3.18. The second kappa shape index (κ2) is 7.33. The van der Waals surface area contributed by atoms with Crippen LogP contribution in [0.4, 0.5) is 23.2 Å². The maximum absolute atomic E-state index is 13.3. The molecule has 0 aliphatic carbocycles. The van der Waals surface area contributed by atoms with Gasteiger partial charge in [0.2, 0.25) is 0 Å². The van der Waals surface area contributed by atoms with E-state index in [1.807, 2.05) is 0 Å². The number of Topliss-reactive ketones (excluding diaryl/α,β-unsaturated/α-hetero) is 1. The average Bonchev–Trinajstić information content (AvgIpc) is 3.02. The van der Waals surface area contributed by atoms with Gasteiger partial charge >= 0.3 is 6.18 Å². The Morgan fingerprint density at radius 3 is 2.55 bits per heavy atom. The summed E-state index contributed by atoms with van der Waals surface area (Å²) >= 11 is 0. The zero-order chi connectivity index (χ0) is 21.4. The molecule has 0 aliphatic rings. The number of carbonyl (C=O) groups is 1. The quantitative estimate of drug-likeness (QED) is 0.485. The predicted molar refractivity (Wildman–Crippen MR) is 98.9 cm³/mol. The van der Waals surface area contributed by atoms with Gasteiger partial charge in [0.05, 0.1) is 18.7 Å². The van der Waals surface area contributed by atoms with E-state index in [4.69, 9.17) is 6.57 Å². The van der Waals surface area contributed by atoms with Gasteiger partial charge in [-0.2, -0.15) is 13.2 Å². The Morgan fingerprint density at radius 1 is 1.17 bits per heavy atom. The van der Waals surface area contributed by atoms with E-state index in [1.165, 1.54) is 31.2 Å². The van der Waals surface area contributed by atoms with E-state index in [2.05, 4.69) is 4.85 Å². The van der Waals surface area contributed by atoms with Crippen molar-refractivity contribution < 1.29 is 27.5 Å². The molecule has 0 unspecified atom stereocenters. The fourth-order valence-electron chi connectivity index (χ4n) is 3.12. The maximum Gasteiger partial charge on any atom is 0.407 e. The van der Waals surface area contributed by atoms with Gasteiger partial charge in [-0.15, -0.1) is 0 Å². The number of nitrogens with zero attached hydrogens (tertiary/aromatic N) is 2. The molecule has 8 heteroatoms. The molecule has 4 nitrogen and oxygen atoms in total. The van der Waals surface area contributed by atoms with E-state index >= 15 is 0 Å². The van der Waals surface area contributed by atoms with Crippen LogP contribution in [0, 0.1) is 12.4 Å². The minimum atomic E-state index is -4.72. The number of fused-ring (bicyclic) bond motifs is 1. The number of benzene rings is 2. The van der Waals surface area contributed by atoms with Gasteiger partial charge in [0.15, 0.2) is 11.5 Å². The lowest BCUT2D eigenvalue weighted by Gasteiger charge is -2.23. The lowest BCUT2D eigenvalue weighted by atomic mass is 9.94. The minimum Gasteiger partial charge on any atom is -0.380 e. The molecule has 29 heavy (non-hydrogen) atoms. The summed E-state index contributed by atoms with van der Waals surface area (Å²) in [4.78, 5) is 15.5. The molecule has 150 valence electrons. The van der Waals surface area contributed by atoms with Crippen LogP contribution in [0.5, 0.6) is 0 Å². The molecule has 0 amide bonds. The summed E-state index contributed by atoms with van der Waals surface area (Å²) in [5.41, 5.74) is -2.87. The van der Waals surface area contributed by atoms with Gasteiger partial charge in [0.1, 0.15) is 11.4 Å². The van der Waals surface area contributed by atoms with Crippen molar-refractivity contribution in [3.05, 3.63) is 77.0 Å². The molecule has 0 radical (unpaired) electrons. The van der Waals surface area contributed by atoms with Gasteiger partial charge in [0, 0.05) is 23.5 Å². The normalized spacial score (nSPS) is 13.8. The second-order valence-corrected chi connectivity index (χ2v) is 6.98. The first kappa shape index (κ1) is 20.6. The van der Waals surface area contributed by atoms with Crippen LogP contribution in [0.25, 0.3) is 15.7 Å². The molecular formula is C21H16F4N2O2. The van der Waals surface area contributed by atoms with Crippen molar-refractivity contribution >= 4 is 22.4 Å². The van der Waals surface area contributed by atoms with Crippen molar-refractivity contribution in [2.75, 3.05) is 0 Å². The lowest BCUT2D eigenvalue weighted by Crippen LogP contribution is -2.40. The van der Waals surface area contributed by atoms with Crippen LogP contribution in [-0.4, -0.2) is 21.1 Å². The van der Waals surface area contributed by atoms with Crippen molar-refractivity contribution in [1.29, 1.82) is 0 Å². The number of rotatable bonds is 5. The molecule has 3 rings (SSSR count). The maximum atomic E-state index is 13.3. The molecular weight excluding hydrogens is 388 g/mol. The summed E-state index contributed by atoms with van der Waals surface area (Å²) in [5, 5.41) is 11.2. The first-order valence-electron chi connectivity index (χ1n) is 8.59. The molecule has 0 fully saturated rings. The summed E-state index contributed by atoms with van der Waals surface area (Å²) in [6.07, 6.45) is -3.55. The number of alkyl halides is 3. The van der Waals surface area contributed by atoms with Crippen molar-refractivity contribution in [3.8, 4) is 0 Å². The van der Waals surface area contributed by atoms with Crippen LogP contribution in [0.15, 0.2) is 48.7 Å². The van der Waals surface area contributed by atoms with Crippen LogP contribution < -0.4 is 0 Å². The highest BCUT2D eigenvalue weighted by atomic mass is 19.4. The summed E-state index contributed by atoms with van der Waals surface area (Å²) in [7, 11) is 0. The summed E-state index contributed by atoms with van der Waals surface area (Å²) in [5.74, 6) is -1.09. The topological polar surface area (TPSA) is 46.6 Å². The van der Waals surface area contributed by atoms with Crippen molar-refractivity contribution in [1.82, 2.24) is 4.57 Å². The van der Waals surface area contributed by atoms with Crippen LogP contribution in [-0.2, 0) is 23.9 Å². The van der Waals surface area contributed by atoms with Crippen LogP contribution in [0.2, 0.25) is 0 Å². The van der Waals surface area contributed by atoms with E-state index in [1.54, 1.807) is 16.8 Å². The highest BCUT2D eigenvalue weighted by molar-refractivity contribution is 5.89. The van der Waals surface area contributed by atoms with Crippen LogP contribution in [0.1, 0.15) is 18.1 Å². The van der Waals surface area contributed by atoms with Gasteiger partial charge in [-0.3, -0.25) is 4.79 Å². The van der Waals surface area contributed by atoms with Gasteiger partial charge < -0.3 is 9.67 Å². The summed E-state index contributed by atoms with van der Waals surface area (Å²) in [6, 6.07) is 8.77. The Labute approximate surface area is 163 Å². The molecule has 2 aromatic carbocycles. The largest absolute Gasteiger partial charge is 0.407 e. The van der Waals surface area contributed by atoms with Gasteiger partial charge in [-0.1, -0.05) is 18.2 Å². The van der Waals surface area contributed by atoms with E-state index in [0.29, 0.717) is 10.9 Å². The number of aromatic nitrogens is 1. The highest BCUT2D eigenvalue weighted by Crippen LogP contribution is 2.37. The SMILES string of the molecule is [C-]#[N+]c1ccc(CC(=O)[C@](C)(O)Cn2ccc3cc(F)ccc32)cc1C(F)(F)F. The third-order valence-electron chi connectivity index (χ3n) is 4.66. The van der Waals surface area contributed by atoms with Gasteiger partial charge in [-0.05, 0) is 36.8 Å². The molecule has 1 N–H and O–H groups in total. The first-order chi connectivity index (χ1) is 13.5. The third kappa shape index (κ3) is 4.30. The van der Waals surface area contributed by atoms with E-state index in [-0.39, 0.29) is 12.1 Å². The zero-order valence-electron chi connectivity index (χ0n) is 15.3. The Kier molecular flexibility index (Phi) is 5.20. The molecule has 0 bridgehead atoms. The highest BCUT2D eigenvalue weighted by Gasteiger charge is 2.35. The number of hydrogen-bond acceptors (Lipinski definition) is 2. The van der Waals surface area contributed by atoms with Gasteiger partial charge in [-0.25, -0.2) is 9.24 Å². The monoisotopic (exact) mass is 404 g/mol. The zero-order valence-corrected chi connectivity index (χ0v) is 15.3. The lowest BCUT2D eigenvalue weighted by molar-refractivity contribution is -0.138. The number of carbonyl (C=O) groups excluding carboxylic acids is 1. The third-order valence-corrected chi connectivity index (χ3v) is 4.66. The number of hydrogen-bond donors (Lipinski definition) is 1. The average molecular weight is 404 g/mol. The predicted octanol–water partition coefficient (Wildman–Crippen LogP) is 4.91. The summed E-state index contributed by atoms with van der Waals surface area (Å²) in [6.45, 7) is 7.99. The molecule has 0 saturated carbocycles. The van der Waals surface area contributed by atoms with Crippen LogP contribution in [0.3, 0.4) is 0 Å². The van der Waals surface area contributed by atoms with E-state index in [9.17, 15) is 27.5 Å². The van der Waals surface area contributed by atoms with Gasteiger partial charge in [0.25, 0.3) is 0 Å². The van der Waals surface area contributed by atoms with Crippen molar-refractivity contribution in [2.45, 2.75) is 31.7 Å². The summed E-state index contributed by atoms with van der Waals surface area (Å²) < 4.78 is 54.2. The Bertz CT molecular complexity index is 1120. The van der Waals surface area contributed by atoms with Crippen molar-refractivity contribution in [2.24, 2.45) is 0 Å². The molecule has 0 aliphatic heterocycles. The molecule has 3 aromatic rings. The minimum absolute atomic E-state index is 0.0504. The van der Waals surface area contributed by atoms with E-state index in [0.717, 1.165) is 12.1 Å². The Balaban J connectivity index is 1.83. The number of halogens is 4.